The van der Waals surface area contributed by atoms with Crippen molar-refractivity contribution in [3.8, 4) is 11.1 Å². The first kappa shape index (κ1) is 25.2. The van der Waals surface area contributed by atoms with Crippen LogP contribution in [0.5, 0.6) is 0 Å². The summed E-state index contributed by atoms with van der Waals surface area (Å²) in [6.07, 6.45) is 10.2. The number of anilines is 1. The van der Waals surface area contributed by atoms with E-state index in [0.29, 0.717) is 0 Å². The molecule has 0 bridgehead atoms. The lowest BCUT2D eigenvalue weighted by Crippen LogP contribution is -2.38. The third-order valence-corrected chi connectivity index (χ3v) is 7.34. The van der Waals surface area contributed by atoms with Gasteiger partial charge in [0.1, 0.15) is 6.10 Å². The Kier molecular flexibility index (Phi) is 10.2. The van der Waals surface area contributed by atoms with Crippen molar-refractivity contribution in [3.05, 3.63) is 41.1 Å². The lowest BCUT2D eigenvalue weighted by Gasteiger charge is -2.31. The quantitative estimate of drug-likeness (QED) is 0.346. The largest absolute Gasteiger partial charge is 0.446 e. The molecule has 34 heavy (non-hydrogen) atoms. The molecule has 2 fully saturated rings. The summed E-state index contributed by atoms with van der Waals surface area (Å²) >= 11 is 1.65. The SMILES string of the molecule is O=C(Nc1ccccc1-c1ccsc1)OC1CCN(CCCCCCCCC2OCCO2)CC1. The Bertz CT molecular complexity index is 846. The third-order valence-electron chi connectivity index (χ3n) is 6.66. The maximum absolute atomic E-state index is 12.5. The number of carbonyl (C=O) groups is 1. The number of thiophene rings is 1. The van der Waals surface area contributed by atoms with E-state index in [9.17, 15) is 4.79 Å². The predicted octanol–water partition coefficient (Wildman–Crippen LogP) is 6.53. The Morgan fingerprint density at radius 3 is 2.50 bits per heavy atom. The Labute approximate surface area is 207 Å². The number of hydrogen-bond donors (Lipinski definition) is 1. The zero-order chi connectivity index (χ0) is 23.4. The van der Waals surface area contributed by atoms with E-state index < -0.39 is 0 Å². The van der Waals surface area contributed by atoms with Crippen LogP contribution in [0.25, 0.3) is 11.1 Å². The summed E-state index contributed by atoms with van der Waals surface area (Å²) < 4.78 is 16.7. The zero-order valence-corrected chi connectivity index (χ0v) is 20.9. The number of ether oxygens (including phenoxy) is 3. The average Bonchev–Trinajstić information content (AvgIpc) is 3.57. The van der Waals surface area contributed by atoms with Crippen LogP contribution >= 0.6 is 11.3 Å². The summed E-state index contributed by atoms with van der Waals surface area (Å²) in [6, 6.07) is 9.94. The highest BCUT2D eigenvalue weighted by Gasteiger charge is 2.22. The fourth-order valence-corrected chi connectivity index (χ4v) is 5.39. The Balaban J connectivity index is 1.05. The van der Waals surface area contributed by atoms with E-state index in [0.717, 1.165) is 68.9 Å². The van der Waals surface area contributed by atoms with Crippen LogP contribution in [0.15, 0.2) is 41.1 Å². The number of benzene rings is 1. The molecule has 7 heteroatoms. The Morgan fingerprint density at radius 2 is 1.74 bits per heavy atom. The molecule has 1 amide bonds. The van der Waals surface area contributed by atoms with Crippen molar-refractivity contribution in [2.75, 3.05) is 38.2 Å². The van der Waals surface area contributed by atoms with Gasteiger partial charge in [0.25, 0.3) is 0 Å². The highest BCUT2D eigenvalue weighted by Crippen LogP contribution is 2.29. The van der Waals surface area contributed by atoms with Gasteiger partial charge in [-0.05, 0) is 67.1 Å². The van der Waals surface area contributed by atoms with E-state index in [1.807, 2.05) is 29.6 Å². The maximum Gasteiger partial charge on any atom is 0.411 e. The number of amides is 1. The molecule has 0 unspecified atom stereocenters. The first-order chi connectivity index (χ1) is 16.8. The van der Waals surface area contributed by atoms with Crippen LogP contribution in [0.4, 0.5) is 10.5 Å². The van der Waals surface area contributed by atoms with Crippen LogP contribution in [-0.4, -0.2) is 56.2 Å². The molecule has 2 aliphatic heterocycles. The molecule has 2 aromatic rings. The summed E-state index contributed by atoms with van der Waals surface area (Å²) in [5.74, 6) is 0. The second kappa shape index (κ2) is 13.8. The Morgan fingerprint density at radius 1 is 1.00 bits per heavy atom. The van der Waals surface area contributed by atoms with Crippen molar-refractivity contribution in [2.45, 2.75) is 70.2 Å². The van der Waals surface area contributed by atoms with Gasteiger partial charge < -0.3 is 19.1 Å². The molecule has 6 nitrogen and oxygen atoms in total. The topological polar surface area (TPSA) is 60.0 Å². The molecule has 0 radical (unpaired) electrons. The number of carbonyl (C=O) groups excluding carboxylic acids is 1. The molecule has 0 aliphatic carbocycles. The van der Waals surface area contributed by atoms with E-state index in [-0.39, 0.29) is 18.5 Å². The number of rotatable bonds is 12. The highest BCUT2D eigenvalue weighted by molar-refractivity contribution is 7.08. The molecular formula is C27H38N2O4S. The molecule has 0 saturated carbocycles. The molecule has 2 aliphatic rings. The number of hydrogen-bond acceptors (Lipinski definition) is 6. The molecule has 1 N–H and O–H groups in total. The van der Waals surface area contributed by atoms with Crippen LogP contribution in [-0.2, 0) is 14.2 Å². The van der Waals surface area contributed by atoms with Crippen molar-refractivity contribution in [1.29, 1.82) is 0 Å². The van der Waals surface area contributed by atoms with Crippen molar-refractivity contribution >= 4 is 23.1 Å². The lowest BCUT2D eigenvalue weighted by atomic mass is 10.1. The number of nitrogens with zero attached hydrogens (tertiary/aromatic N) is 1. The fourth-order valence-electron chi connectivity index (χ4n) is 4.73. The van der Waals surface area contributed by atoms with Crippen LogP contribution in [0.2, 0.25) is 0 Å². The van der Waals surface area contributed by atoms with Gasteiger partial charge in [0.15, 0.2) is 6.29 Å². The summed E-state index contributed by atoms with van der Waals surface area (Å²) in [7, 11) is 0. The zero-order valence-electron chi connectivity index (χ0n) is 20.1. The minimum atomic E-state index is -0.354. The van der Waals surface area contributed by atoms with Gasteiger partial charge >= 0.3 is 6.09 Å². The monoisotopic (exact) mass is 486 g/mol. The number of piperidine rings is 1. The second-order valence-electron chi connectivity index (χ2n) is 9.21. The highest BCUT2D eigenvalue weighted by atomic mass is 32.1. The molecule has 2 saturated heterocycles. The normalized spacial score (nSPS) is 17.8. The van der Waals surface area contributed by atoms with Gasteiger partial charge in [-0.15, -0.1) is 0 Å². The summed E-state index contributed by atoms with van der Waals surface area (Å²) in [5, 5.41) is 7.08. The molecule has 186 valence electrons. The molecule has 0 spiro atoms. The fraction of sp³-hybridized carbons (Fsp3) is 0.593. The van der Waals surface area contributed by atoms with E-state index in [1.165, 1.54) is 38.5 Å². The summed E-state index contributed by atoms with van der Waals surface area (Å²) in [6.45, 7) is 4.67. The Hall–Kier alpha value is -1.93. The average molecular weight is 487 g/mol. The smallest absolute Gasteiger partial charge is 0.411 e. The number of likely N-dealkylation sites (tertiary alicyclic amines) is 1. The second-order valence-corrected chi connectivity index (χ2v) is 9.99. The third kappa shape index (κ3) is 8.08. The van der Waals surface area contributed by atoms with Crippen LogP contribution in [0.1, 0.15) is 57.8 Å². The van der Waals surface area contributed by atoms with Crippen LogP contribution < -0.4 is 5.32 Å². The molecule has 4 rings (SSSR count). The standard InChI is InChI=1S/C27H38N2O4S/c30-27(28-25-10-7-6-9-24(25)22-14-20-34-21-22)33-23-12-16-29(17-13-23)15-8-4-2-1-3-5-11-26-31-18-19-32-26/h6-7,9-10,14,20-21,23,26H,1-5,8,11-13,15-19H2,(H,28,30). The molecule has 1 aromatic heterocycles. The number of para-hydroxylation sites is 1. The predicted molar refractivity (Wildman–Crippen MR) is 137 cm³/mol. The number of unbranched alkanes of at least 4 members (excludes halogenated alkanes) is 5. The van der Waals surface area contributed by atoms with E-state index in [2.05, 4.69) is 21.7 Å². The van der Waals surface area contributed by atoms with Crippen LogP contribution in [0, 0.1) is 0 Å². The van der Waals surface area contributed by atoms with Gasteiger partial charge in [-0.3, -0.25) is 5.32 Å². The van der Waals surface area contributed by atoms with Crippen molar-refractivity contribution in [2.24, 2.45) is 0 Å². The van der Waals surface area contributed by atoms with E-state index in [1.54, 1.807) is 11.3 Å². The van der Waals surface area contributed by atoms with Gasteiger partial charge in [0.2, 0.25) is 0 Å². The van der Waals surface area contributed by atoms with Crippen molar-refractivity contribution < 1.29 is 19.0 Å². The van der Waals surface area contributed by atoms with E-state index >= 15 is 0 Å². The summed E-state index contributed by atoms with van der Waals surface area (Å²) in [5.41, 5.74) is 2.93. The van der Waals surface area contributed by atoms with E-state index in [4.69, 9.17) is 14.2 Å². The first-order valence-corrected chi connectivity index (χ1v) is 13.8. The summed E-state index contributed by atoms with van der Waals surface area (Å²) in [4.78, 5) is 15.0. The van der Waals surface area contributed by atoms with Crippen molar-refractivity contribution in [1.82, 2.24) is 4.90 Å². The van der Waals surface area contributed by atoms with Gasteiger partial charge in [-0.25, -0.2) is 4.79 Å². The van der Waals surface area contributed by atoms with Gasteiger partial charge in [-0.1, -0.05) is 43.9 Å². The van der Waals surface area contributed by atoms with Crippen LogP contribution in [0.3, 0.4) is 0 Å². The first-order valence-electron chi connectivity index (χ1n) is 12.8. The molecule has 1 aromatic carbocycles. The van der Waals surface area contributed by atoms with Crippen molar-refractivity contribution in [3.63, 3.8) is 0 Å². The molecule has 3 heterocycles. The maximum atomic E-state index is 12.5. The lowest BCUT2D eigenvalue weighted by molar-refractivity contribution is -0.0480. The minimum Gasteiger partial charge on any atom is -0.446 e. The molecule has 0 atom stereocenters. The molecular weight excluding hydrogens is 448 g/mol. The van der Waals surface area contributed by atoms with Gasteiger partial charge in [-0.2, -0.15) is 11.3 Å². The van der Waals surface area contributed by atoms with Gasteiger partial charge in [0.05, 0.1) is 18.9 Å². The minimum absolute atomic E-state index is 0.00242. The number of nitrogens with one attached hydrogen (secondary N) is 1. The van der Waals surface area contributed by atoms with Gasteiger partial charge in [0, 0.05) is 18.7 Å².